The van der Waals surface area contributed by atoms with Crippen LogP contribution < -0.4 is 0 Å². The van der Waals surface area contributed by atoms with E-state index in [1.807, 2.05) is 0 Å². The first-order valence-corrected chi connectivity index (χ1v) is 8.94. The first-order chi connectivity index (χ1) is 7.31. The van der Waals surface area contributed by atoms with Crippen LogP contribution in [0, 0.1) is 5.92 Å². The molecule has 1 aliphatic carbocycles. The third-order valence-electron chi connectivity index (χ3n) is 3.66. The summed E-state index contributed by atoms with van der Waals surface area (Å²) in [5.41, 5.74) is 0.816. The molecule has 92 valence electrons. The third-order valence-corrected chi connectivity index (χ3v) is 9.56. The molecular formula is C13H22IOP. The van der Waals surface area contributed by atoms with Crippen LogP contribution in [0.25, 0.3) is 0 Å². The molecule has 1 unspecified atom stereocenters. The van der Waals surface area contributed by atoms with Crippen LogP contribution in [-0.4, -0.2) is 17.0 Å². The van der Waals surface area contributed by atoms with Crippen molar-refractivity contribution in [1.82, 2.24) is 0 Å². The largest absolute Gasteiger partial charge is 0.323 e. The van der Waals surface area contributed by atoms with Gasteiger partial charge in [-0.05, 0) is 26.2 Å². The summed E-state index contributed by atoms with van der Waals surface area (Å²) in [6.45, 7) is 10.6. The van der Waals surface area contributed by atoms with Crippen LogP contribution in [-0.2, 0) is 4.57 Å². The van der Waals surface area contributed by atoms with Crippen LogP contribution >= 0.6 is 29.7 Å². The molecule has 0 aliphatic heterocycles. The molecule has 0 saturated carbocycles. The van der Waals surface area contributed by atoms with Crippen molar-refractivity contribution in [2.24, 2.45) is 5.92 Å². The molecule has 0 saturated heterocycles. The van der Waals surface area contributed by atoms with Crippen molar-refractivity contribution in [2.75, 3.05) is 0 Å². The maximum absolute atomic E-state index is 13.2. The van der Waals surface area contributed by atoms with Gasteiger partial charge in [0.15, 0.2) is 0 Å². The highest BCUT2D eigenvalue weighted by Crippen LogP contribution is 2.62. The zero-order chi connectivity index (χ0) is 12.5. The summed E-state index contributed by atoms with van der Waals surface area (Å²) in [4.78, 5) is 0. The fraction of sp³-hybridized carbons (Fsp3) is 0.692. The molecule has 0 spiro atoms. The Morgan fingerprint density at radius 3 is 2.00 bits per heavy atom. The Hall–Kier alpha value is 0.440. The summed E-state index contributed by atoms with van der Waals surface area (Å²) in [6, 6.07) is 0. The molecule has 1 rings (SSSR count). The summed E-state index contributed by atoms with van der Waals surface area (Å²) in [5.74, 6) is 0.372. The zero-order valence-electron chi connectivity index (χ0n) is 10.8. The highest BCUT2D eigenvalue weighted by atomic mass is 127. The lowest BCUT2D eigenvalue weighted by Gasteiger charge is -2.35. The average Bonchev–Trinajstić information content (AvgIpc) is 2.61. The summed E-state index contributed by atoms with van der Waals surface area (Å²) in [7, 11) is -2.14. The van der Waals surface area contributed by atoms with Gasteiger partial charge in [0.05, 0.1) is 7.14 Å². The molecule has 0 radical (unpaired) electrons. The SMILES string of the molecule is CC(C)P(=O)(C(C)C)[C@H](C)C1C=CC=C1I. The van der Waals surface area contributed by atoms with Crippen molar-refractivity contribution < 1.29 is 4.57 Å². The molecule has 2 atom stereocenters. The topological polar surface area (TPSA) is 17.1 Å². The van der Waals surface area contributed by atoms with E-state index in [-0.39, 0.29) is 17.0 Å². The second-order valence-corrected chi connectivity index (χ2v) is 10.8. The smallest absolute Gasteiger partial charge is 0.0960 e. The van der Waals surface area contributed by atoms with Gasteiger partial charge in [-0.2, -0.15) is 0 Å². The Labute approximate surface area is 113 Å². The standard InChI is InChI=1S/C13H22IOP/c1-9(2)16(15,10(3)4)11(5)12-7-6-8-13(12)14/h6-12H,1-5H3/t11-,12?/m1/s1. The zero-order valence-corrected chi connectivity index (χ0v) is 13.8. The Morgan fingerprint density at radius 2 is 1.69 bits per heavy atom. The highest BCUT2D eigenvalue weighted by Gasteiger charge is 2.40. The maximum Gasteiger partial charge on any atom is 0.0960 e. The summed E-state index contributed by atoms with van der Waals surface area (Å²) in [6.07, 6.45) is 6.42. The lowest BCUT2D eigenvalue weighted by molar-refractivity contribution is 0.542. The molecule has 0 aromatic carbocycles. The lowest BCUT2D eigenvalue weighted by Crippen LogP contribution is -2.24. The van der Waals surface area contributed by atoms with Crippen LogP contribution in [0.1, 0.15) is 34.6 Å². The Morgan fingerprint density at radius 1 is 1.19 bits per heavy atom. The van der Waals surface area contributed by atoms with E-state index in [0.29, 0.717) is 5.92 Å². The predicted molar refractivity (Wildman–Crippen MR) is 82.1 cm³/mol. The Balaban J connectivity index is 3.02. The minimum atomic E-state index is -2.14. The number of hydrogen-bond acceptors (Lipinski definition) is 1. The predicted octanol–water partition coefficient (Wildman–Crippen LogP) is 5.06. The number of rotatable bonds is 4. The van der Waals surface area contributed by atoms with Gasteiger partial charge in [0.2, 0.25) is 0 Å². The van der Waals surface area contributed by atoms with Crippen LogP contribution in [0.5, 0.6) is 0 Å². The van der Waals surface area contributed by atoms with E-state index in [0.717, 1.165) is 0 Å². The molecule has 0 amide bonds. The minimum Gasteiger partial charge on any atom is -0.323 e. The van der Waals surface area contributed by atoms with E-state index >= 15 is 0 Å². The van der Waals surface area contributed by atoms with Crippen molar-refractivity contribution in [3.05, 3.63) is 21.8 Å². The van der Waals surface area contributed by atoms with E-state index in [4.69, 9.17) is 0 Å². The van der Waals surface area contributed by atoms with Crippen LogP contribution in [0.15, 0.2) is 21.8 Å². The van der Waals surface area contributed by atoms with Crippen LogP contribution in [0.2, 0.25) is 0 Å². The van der Waals surface area contributed by atoms with Crippen molar-refractivity contribution in [2.45, 2.75) is 51.6 Å². The molecule has 0 aromatic rings. The van der Waals surface area contributed by atoms with Gasteiger partial charge in [-0.15, -0.1) is 0 Å². The molecule has 0 fully saturated rings. The molecular weight excluding hydrogens is 330 g/mol. The molecule has 16 heavy (non-hydrogen) atoms. The van der Waals surface area contributed by atoms with Gasteiger partial charge in [-0.25, -0.2) is 0 Å². The lowest BCUT2D eigenvalue weighted by atomic mass is 10.1. The van der Waals surface area contributed by atoms with Gasteiger partial charge >= 0.3 is 0 Å². The fourth-order valence-electron chi connectivity index (χ4n) is 2.65. The van der Waals surface area contributed by atoms with E-state index in [1.165, 1.54) is 3.58 Å². The normalized spacial score (nSPS) is 23.0. The van der Waals surface area contributed by atoms with Gasteiger partial charge in [-0.1, -0.05) is 52.8 Å². The molecule has 0 bridgehead atoms. The van der Waals surface area contributed by atoms with E-state index in [2.05, 4.69) is 75.4 Å². The second-order valence-electron chi connectivity index (χ2n) is 5.15. The van der Waals surface area contributed by atoms with E-state index in [9.17, 15) is 4.57 Å². The Bertz CT molecular complexity index is 343. The monoisotopic (exact) mass is 352 g/mol. The average molecular weight is 352 g/mol. The van der Waals surface area contributed by atoms with E-state index < -0.39 is 7.14 Å². The first kappa shape index (κ1) is 14.5. The van der Waals surface area contributed by atoms with Gasteiger partial charge in [0, 0.05) is 22.9 Å². The quantitative estimate of drug-likeness (QED) is 0.511. The van der Waals surface area contributed by atoms with Gasteiger partial charge in [0.25, 0.3) is 0 Å². The molecule has 3 heteroatoms. The summed E-state index contributed by atoms with van der Waals surface area (Å²) < 4.78 is 14.5. The number of hydrogen-bond donors (Lipinski definition) is 0. The molecule has 0 heterocycles. The summed E-state index contributed by atoms with van der Waals surface area (Å²) >= 11 is 2.37. The molecule has 1 aliphatic rings. The molecule has 0 aromatic heterocycles. The molecule has 0 N–H and O–H groups in total. The minimum absolute atomic E-state index is 0.259. The van der Waals surface area contributed by atoms with Gasteiger partial charge in [-0.3, -0.25) is 0 Å². The third kappa shape index (κ3) is 2.48. The number of allylic oxidation sites excluding steroid dienone is 4. The maximum atomic E-state index is 13.2. The van der Waals surface area contributed by atoms with Crippen molar-refractivity contribution in [1.29, 1.82) is 0 Å². The molecule has 1 nitrogen and oxygen atoms in total. The van der Waals surface area contributed by atoms with Gasteiger partial charge < -0.3 is 4.57 Å². The first-order valence-electron chi connectivity index (χ1n) is 5.94. The van der Waals surface area contributed by atoms with Crippen molar-refractivity contribution in [3.8, 4) is 0 Å². The second kappa shape index (κ2) is 5.39. The van der Waals surface area contributed by atoms with E-state index in [1.54, 1.807) is 0 Å². The van der Waals surface area contributed by atoms with Crippen LogP contribution in [0.3, 0.4) is 0 Å². The Kier molecular flexibility index (Phi) is 4.88. The van der Waals surface area contributed by atoms with Crippen LogP contribution in [0.4, 0.5) is 0 Å². The fourth-order valence-corrected chi connectivity index (χ4v) is 7.72. The number of halogens is 1. The van der Waals surface area contributed by atoms with Crippen molar-refractivity contribution in [3.63, 3.8) is 0 Å². The summed E-state index contributed by atoms with van der Waals surface area (Å²) in [5, 5.41) is 0. The van der Waals surface area contributed by atoms with Gasteiger partial charge in [0.1, 0.15) is 0 Å². The highest BCUT2D eigenvalue weighted by molar-refractivity contribution is 14.1. The van der Waals surface area contributed by atoms with Crippen molar-refractivity contribution >= 4 is 29.7 Å².